The highest BCUT2D eigenvalue weighted by Crippen LogP contribution is 2.26. The van der Waals surface area contributed by atoms with Crippen LogP contribution in [-0.2, 0) is 11.3 Å². The number of aryl methyl sites for hydroxylation is 1. The van der Waals surface area contributed by atoms with Crippen LogP contribution in [0.5, 0.6) is 0 Å². The van der Waals surface area contributed by atoms with Gasteiger partial charge in [0.25, 0.3) is 0 Å². The van der Waals surface area contributed by atoms with Gasteiger partial charge in [-0.3, -0.25) is 4.79 Å². The Labute approximate surface area is 133 Å². The van der Waals surface area contributed by atoms with E-state index < -0.39 is 6.09 Å². The number of para-hydroxylation sites is 1. The molecule has 0 saturated carbocycles. The number of piperazine rings is 1. The SMILES string of the molecule is Cc1cccc2cc(CNC(=O)O)c(N3CCNC(=O)C3)nc12. The Morgan fingerprint density at radius 3 is 3.04 bits per heavy atom. The Morgan fingerprint density at radius 1 is 1.48 bits per heavy atom. The number of carbonyl (C=O) groups excluding carboxylic acids is 1. The quantitative estimate of drug-likeness (QED) is 0.792. The lowest BCUT2D eigenvalue weighted by Gasteiger charge is -2.29. The molecule has 1 fully saturated rings. The molecule has 7 nitrogen and oxygen atoms in total. The van der Waals surface area contributed by atoms with Crippen molar-refractivity contribution >= 4 is 28.7 Å². The minimum Gasteiger partial charge on any atom is -0.465 e. The molecule has 0 spiro atoms. The first-order valence-corrected chi connectivity index (χ1v) is 7.42. The first-order valence-electron chi connectivity index (χ1n) is 7.42. The predicted molar refractivity (Wildman–Crippen MR) is 86.6 cm³/mol. The third-order valence-electron chi connectivity index (χ3n) is 3.87. The van der Waals surface area contributed by atoms with Crippen molar-refractivity contribution < 1.29 is 14.7 Å². The standard InChI is InChI=1S/C16H18N4O3/c1-10-3-2-4-11-7-12(8-18-16(22)23)15(19-14(10)11)20-6-5-17-13(21)9-20/h2-4,7,18H,5-6,8-9H2,1H3,(H,17,21)(H,22,23). The molecule has 2 amide bonds. The molecule has 0 bridgehead atoms. The van der Waals surface area contributed by atoms with Crippen molar-refractivity contribution in [3.05, 3.63) is 35.4 Å². The maximum absolute atomic E-state index is 11.7. The summed E-state index contributed by atoms with van der Waals surface area (Å²) in [5.74, 6) is 0.607. The lowest BCUT2D eigenvalue weighted by atomic mass is 10.1. The summed E-state index contributed by atoms with van der Waals surface area (Å²) in [6, 6.07) is 7.82. The van der Waals surface area contributed by atoms with Crippen LogP contribution in [0.4, 0.5) is 10.6 Å². The number of amides is 2. The summed E-state index contributed by atoms with van der Waals surface area (Å²) in [6.45, 7) is 3.57. The van der Waals surface area contributed by atoms with Crippen LogP contribution in [0.25, 0.3) is 10.9 Å². The Balaban J connectivity index is 2.07. The molecular weight excluding hydrogens is 296 g/mol. The van der Waals surface area contributed by atoms with Gasteiger partial charge in [-0.2, -0.15) is 0 Å². The topological polar surface area (TPSA) is 94.6 Å². The van der Waals surface area contributed by atoms with Crippen molar-refractivity contribution in [1.82, 2.24) is 15.6 Å². The predicted octanol–water partition coefficient (Wildman–Crippen LogP) is 1.25. The van der Waals surface area contributed by atoms with Crippen LogP contribution in [0.15, 0.2) is 24.3 Å². The van der Waals surface area contributed by atoms with Gasteiger partial charge in [0, 0.05) is 30.6 Å². The minimum absolute atomic E-state index is 0.0555. The number of carboxylic acid groups (broad SMARTS) is 1. The Kier molecular flexibility index (Phi) is 4.01. The fourth-order valence-corrected chi connectivity index (χ4v) is 2.77. The van der Waals surface area contributed by atoms with Crippen LogP contribution in [0, 0.1) is 6.92 Å². The normalized spacial score (nSPS) is 14.7. The number of nitrogens with zero attached hydrogens (tertiary/aromatic N) is 2. The lowest BCUT2D eigenvalue weighted by Crippen LogP contribution is -2.48. The van der Waals surface area contributed by atoms with Crippen molar-refractivity contribution in [2.45, 2.75) is 13.5 Å². The van der Waals surface area contributed by atoms with Gasteiger partial charge < -0.3 is 20.6 Å². The summed E-state index contributed by atoms with van der Waals surface area (Å²) in [4.78, 5) is 29.1. The smallest absolute Gasteiger partial charge is 0.404 e. The van der Waals surface area contributed by atoms with Gasteiger partial charge >= 0.3 is 6.09 Å². The van der Waals surface area contributed by atoms with Crippen LogP contribution in [0.2, 0.25) is 0 Å². The van der Waals surface area contributed by atoms with Crippen LogP contribution < -0.4 is 15.5 Å². The van der Waals surface area contributed by atoms with Gasteiger partial charge in [-0.05, 0) is 18.6 Å². The van der Waals surface area contributed by atoms with Gasteiger partial charge in [0.2, 0.25) is 5.91 Å². The van der Waals surface area contributed by atoms with Gasteiger partial charge in [0.1, 0.15) is 5.82 Å². The highest BCUT2D eigenvalue weighted by atomic mass is 16.4. The first-order chi connectivity index (χ1) is 11.0. The maximum Gasteiger partial charge on any atom is 0.404 e. The number of rotatable bonds is 3. The van der Waals surface area contributed by atoms with E-state index in [-0.39, 0.29) is 19.0 Å². The summed E-state index contributed by atoms with van der Waals surface area (Å²) in [7, 11) is 0. The molecule has 1 saturated heterocycles. The van der Waals surface area contributed by atoms with Crippen molar-refractivity contribution in [1.29, 1.82) is 0 Å². The zero-order chi connectivity index (χ0) is 16.4. The van der Waals surface area contributed by atoms with Gasteiger partial charge in [-0.15, -0.1) is 0 Å². The summed E-state index contributed by atoms with van der Waals surface area (Å²) in [6.07, 6.45) is -1.09. The average Bonchev–Trinajstić information content (AvgIpc) is 2.52. The third kappa shape index (κ3) is 3.18. The molecule has 7 heteroatoms. The van der Waals surface area contributed by atoms with Crippen molar-refractivity contribution in [2.24, 2.45) is 0 Å². The number of fused-ring (bicyclic) bond motifs is 1. The van der Waals surface area contributed by atoms with Gasteiger partial charge in [0.15, 0.2) is 0 Å². The molecule has 2 heterocycles. The summed E-state index contributed by atoms with van der Waals surface area (Å²) in [5.41, 5.74) is 2.68. The molecular formula is C16H18N4O3. The number of carbonyl (C=O) groups is 2. The van der Waals surface area contributed by atoms with Gasteiger partial charge in [-0.1, -0.05) is 18.2 Å². The molecule has 1 aromatic carbocycles. The van der Waals surface area contributed by atoms with Crippen molar-refractivity contribution in [3.63, 3.8) is 0 Å². The number of pyridine rings is 1. The van der Waals surface area contributed by atoms with Crippen LogP contribution in [0.1, 0.15) is 11.1 Å². The molecule has 3 rings (SSSR count). The number of benzene rings is 1. The zero-order valence-electron chi connectivity index (χ0n) is 12.8. The van der Waals surface area contributed by atoms with E-state index in [0.29, 0.717) is 18.9 Å². The molecule has 1 aromatic heterocycles. The van der Waals surface area contributed by atoms with E-state index in [1.54, 1.807) is 0 Å². The van der Waals surface area contributed by atoms with E-state index >= 15 is 0 Å². The monoisotopic (exact) mass is 314 g/mol. The number of anilines is 1. The second-order valence-electron chi connectivity index (χ2n) is 5.55. The average molecular weight is 314 g/mol. The van der Waals surface area contributed by atoms with Gasteiger partial charge in [-0.25, -0.2) is 9.78 Å². The van der Waals surface area contributed by atoms with E-state index in [4.69, 9.17) is 10.1 Å². The Morgan fingerprint density at radius 2 is 2.30 bits per heavy atom. The van der Waals surface area contributed by atoms with E-state index in [2.05, 4.69) is 10.6 Å². The fourth-order valence-electron chi connectivity index (χ4n) is 2.77. The van der Waals surface area contributed by atoms with E-state index in [9.17, 15) is 9.59 Å². The summed E-state index contributed by atoms with van der Waals surface area (Å²) in [5, 5.41) is 15.0. The molecule has 3 N–H and O–H groups in total. The second kappa shape index (κ2) is 6.12. The zero-order valence-corrected chi connectivity index (χ0v) is 12.8. The number of hydrogen-bond acceptors (Lipinski definition) is 4. The molecule has 0 aliphatic carbocycles. The molecule has 1 aliphatic rings. The third-order valence-corrected chi connectivity index (χ3v) is 3.87. The van der Waals surface area contributed by atoms with Gasteiger partial charge in [0.05, 0.1) is 12.1 Å². The Hall–Kier alpha value is -2.83. The molecule has 0 atom stereocenters. The molecule has 0 unspecified atom stereocenters. The highest BCUT2D eigenvalue weighted by molar-refractivity contribution is 5.87. The first kappa shape index (κ1) is 15.1. The number of nitrogens with one attached hydrogen (secondary N) is 2. The molecule has 2 aromatic rings. The number of hydrogen-bond donors (Lipinski definition) is 3. The van der Waals surface area contributed by atoms with Crippen molar-refractivity contribution in [3.8, 4) is 0 Å². The fraction of sp³-hybridized carbons (Fsp3) is 0.312. The largest absolute Gasteiger partial charge is 0.465 e. The molecule has 1 aliphatic heterocycles. The van der Waals surface area contributed by atoms with Crippen LogP contribution in [0.3, 0.4) is 0 Å². The lowest BCUT2D eigenvalue weighted by molar-refractivity contribution is -0.120. The maximum atomic E-state index is 11.7. The van der Waals surface area contributed by atoms with E-state index in [1.165, 1.54) is 0 Å². The molecule has 23 heavy (non-hydrogen) atoms. The van der Waals surface area contributed by atoms with Crippen LogP contribution >= 0.6 is 0 Å². The second-order valence-corrected chi connectivity index (χ2v) is 5.55. The van der Waals surface area contributed by atoms with Crippen LogP contribution in [-0.4, -0.2) is 41.7 Å². The highest BCUT2D eigenvalue weighted by Gasteiger charge is 2.21. The summed E-state index contributed by atoms with van der Waals surface area (Å²) < 4.78 is 0. The van der Waals surface area contributed by atoms with Crippen molar-refractivity contribution in [2.75, 3.05) is 24.5 Å². The van der Waals surface area contributed by atoms with E-state index in [1.807, 2.05) is 36.1 Å². The Bertz CT molecular complexity index is 775. The van der Waals surface area contributed by atoms with E-state index in [0.717, 1.165) is 22.0 Å². The molecule has 0 radical (unpaired) electrons. The minimum atomic E-state index is -1.09. The summed E-state index contributed by atoms with van der Waals surface area (Å²) >= 11 is 0. The number of aromatic nitrogens is 1. The molecule has 120 valence electrons.